The topological polar surface area (TPSA) is 44.1 Å². The fraction of sp³-hybridized carbons (Fsp3) is 0.467. The van der Waals surface area contributed by atoms with E-state index in [4.69, 9.17) is 0 Å². The molecule has 0 saturated carbocycles. The average molecular weight is 296 g/mol. The molecule has 0 bridgehead atoms. The molecule has 0 N–H and O–H groups in total. The van der Waals surface area contributed by atoms with Gasteiger partial charge < -0.3 is 4.90 Å². The van der Waals surface area contributed by atoms with Gasteiger partial charge in [-0.3, -0.25) is 4.79 Å². The Bertz CT molecular complexity index is 590. The van der Waals surface area contributed by atoms with Crippen molar-refractivity contribution in [3.05, 3.63) is 34.9 Å². The molecule has 112 valence electrons. The number of unbranched alkanes of at least 4 members (excludes halogenated alkanes) is 2. The zero-order chi connectivity index (χ0) is 15.6. The van der Waals surface area contributed by atoms with Gasteiger partial charge in [0.15, 0.2) is 0 Å². The Kier molecular flexibility index (Phi) is 4.21. The number of nitriles is 1. The van der Waals surface area contributed by atoms with Crippen molar-refractivity contribution in [3.8, 4) is 6.07 Å². The quantitative estimate of drug-likeness (QED) is 0.790. The molecule has 0 aliphatic carbocycles. The number of hydrogen-bond donors (Lipinski definition) is 0. The number of benzene rings is 1. The second kappa shape index (κ2) is 5.76. The van der Waals surface area contributed by atoms with Crippen molar-refractivity contribution < 1.29 is 18.0 Å². The van der Waals surface area contributed by atoms with Gasteiger partial charge in [-0.25, -0.2) is 0 Å². The maximum atomic E-state index is 12.7. The van der Waals surface area contributed by atoms with Gasteiger partial charge in [-0.1, -0.05) is 19.8 Å². The summed E-state index contributed by atoms with van der Waals surface area (Å²) in [6, 6.07) is 4.00. The summed E-state index contributed by atoms with van der Waals surface area (Å²) in [4.78, 5) is 13.6. The molecule has 0 aromatic heterocycles. The minimum absolute atomic E-state index is 0.161. The number of rotatable bonds is 4. The lowest BCUT2D eigenvalue weighted by Gasteiger charge is -2.19. The minimum atomic E-state index is -4.48. The van der Waals surface area contributed by atoms with E-state index in [1.54, 1.807) is 0 Å². The lowest BCUT2D eigenvalue weighted by atomic mass is 10.0. The monoisotopic (exact) mass is 296 g/mol. The average Bonchev–Trinajstić information content (AvgIpc) is 2.70. The van der Waals surface area contributed by atoms with E-state index < -0.39 is 17.8 Å². The highest BCUT2D eigenvalue weighted by molar-refractivity contribution is 5.99. The molecule has 3 nitrogen and oxygen atoms in total. The van der Waals surface area contributed by atoms with Crippen LogP contribution in [0.4, 0.5) is 13.2 Å². The van der Waals surface area contributed by atoms with E-state index in [1.165, 1.54) is 11.0 Å². The zero-order valence-electron chi connectivity index (χ0n) is 11.6. The van der Waals surface area contributed by atoms with Crippen molar-refractivity contribution >= 4 is 5.91 Å². The normalized spacial score (nSPS) is 17.8. The number of hydrogen-bond acceptors (Lipinski definition) is 2. The van der Waals surface area contributed by atoms with Gasteiger partial charge >= 0.3 is 6.18 Å². The number of nitrogens with zero attached hydrogens (tertiary/aromatic N) is 2. The Morgan fingerprint density at radius 1 is 1.33 bits per heavy atom. The van der Waals surface area contributed by atoms with Crippen LogP contribution in [-0.2, 0) is 6.18 Å². The third-order valence-corrected chi connectivity index (χ3v) is 3.60. The van der Waals surface area contributed by atoms with Crippen LogP contribution in [0, 0.1) is 11.3 Å². The highest BCUT2D eigenvalue weighted by Crippen LogP contribution is 2.38. The molecule has 21 heavy (non-hydrogen) atoms. The summed E-state index contributed by atoms with van der Waals surface area (Å²) in [6.07, 6.45) is -1.87. The molecular weight excluding hydrogens is 281 g/mol. The maximum absolute atomic E-state index is 12.7. The van der Waals surface area contributed by atoms with Crippen LogP contribution in [0.25, 0.3) is 0 Å². The van der Waals surface area contributed by atoms with Gasteiger partial charge in [0.2, 0.25) is 0 Å². The van der Waals surface area contributed by atoms with Crippen LogP contribution in [0.1, 0.15) is 53.7 Å². The summed E-state index contributed by atoms with van der Waals surface area (Å²) in [6.45, 7) is 2.40. The number of carbonyl (C=O) groups excluding carboxylic acids is 1. The summed E-state index contributed by atoms with van der Waals surface area (Å²) >= 11 is 0. The van der Waals surface area contributed by atoms with Crippen molar-refractivity contribution in [1.82, 2.24) is 4.90 Å². The van der Waals surface area contributed by atoms with Crippen molar-refractivity contribution in [2.45, 2.75) is 38.4 Å². The van der Waals surface area contributed by atoms with E-state index >= 15 is 0 Å². The van der Waals surface area contributed by atoms with Crippen LogP contribution in [0.2, 0.25) is 0 Å². The summed E-state index contributed by atoms with van der Waals surface area (Å²) in [5.74, 6) is -0.360. The molecule has 0 fully saturated rings. The Morgan fingerprint density at radius 3 is 2.62 bits per heavy atom. The molecule has 0 spiro atoms. The smallest absolute Gasteiger partial charge is 0.318 e. The van der Waals surface area contributed by atoms with Gasteiger partial charge in [0.05, 0.1) is 11.6 Å². The highest BCUT2D eigenvalue weighted by Gasteiger charge is 2.39. The number of fused-ring (bicyclic) bond motifs is 1. The van der Waals surface area contributed by atoms with E-state index in [-0.39, 0.29) is 17.0 Å². The highest BCUT2D eigenvalue weighted by atomic mass is 19.4. The van der Waals surface area contributed by atoms with Crippen LogP contribution in [0.3, 0.4) is 0 Å². The zero-order valence-corrected chi connectivity index (χ0v) is 11.6. The molecule has 1 aliphatic rings. The second-order valence-electron chi connectivity index (χ2n) is 5.04. The molecule has 6 heteroatoms. The van der Waals surface area contributed by atoms with E-state index in [1.807, 2.05) is 13.0 Å². The fourth-order valence-electron chi connectivity index (χ4n) is 2.50. The standard InChI is InChI=1S/C15H15F3N2O/c1-2-3-4-7-20-13(9-19)12-8-10(15(16,17)18)5-6-11(12)14(20)21/h5-6,8,13H,2-4,7H2,1H3. The molecule has 1 aliphatic heterocycles. The molecule has 1 aromatic carbocycles. The third kappa shape index (κ3) is 2.87. The van der Waals surface area contributed by atoms with E-state index in [0.29, 0.717) is 6.54 Å². The molecule has 2 rings (SSSR count). The van der Waals surface area contributed by atoms with Crippen LogP contribution in [-0.4, -0.2) is 17.4 Å². The van der Waals surface area contributed by atoms with Crippen LogP contribution in [0.5, 0.6) is 0 Å². The first kappa shape index (κ1) is 15.4. The summed E-state index contributed by atoms with van der Waals surface area (Å²) < 4.78 is 38.2. The van der Waals surface area contributed by atoms with Gasteiger partial charge in [0, 0.05) is 17.7 Å². The van der Waals surface area contributed by atoms with E-state index in [0.717, 1.165) is 31.4 Å². The SMILES string of the molecule is CCCCCN1C(=O)c2ccc(C(F)(F)F)cc2C1C#N. The summed E-state index contributed by atoms with van der Waals surface area (Å²) in [5.41, 5.74) is -0.468. The lowest BCUT2D eigenvalue weighted by Crippen LogP contribution is -2.28. The van der Waals surface area contributed by atoms with Gasteiger partial charge in [-0.2, -0.15) is 18.4 Å². The first-order chi connectivity index (χ1) is 9.90. The Balaban J connectivity index is 2.33. The molecule has 1 unspecified atom stereocenters. The van der Waals surface area contributed by atoms with Gasteiger partial charge in [-0.15, -0.1) is 0 Å². The molecule has 0 saturated heterocycles. The van der Waals surface area contributed by atoms with Crippen LogP contribution >= 0.6 is 0 Å². The predicted molar refractivity (Wildman–Crippen MR) is 70.4 cm³/mol. The molecule has 1 amide bonds. The van der Waals surface area contributed by atoms with E-state index in [9.17, 15) is 23.2 Å². The molecule has 1 heterocycles. The maximum Gasteiger partial charge on any atom is 0.416 e. The van der Waals surface area contributed by atoms with Gasteiger partial charge in [-0.05, 0) is 24.6 Å². The Hall–Kier alpha value is -2.03. The number of amides is 1. The van der Waals surface area contributed by atoms with Crippen LogP contribution in [0.15, 0.2) is 18.2 Å². The largest absolute Gasteiger partial charge is 0.416 e. The number of alkyl halides is 3. The Morgan fingerprint density at radius 2 is 2.05 bits per heavy atom. The van der Waals surface area contributed by atoms with E-state index in [2.05, 4.69) is 0 Å². The van der Waals surface area contributed by atoms with Gasteiger partial charge in [0.25, 0.3) is 5.91 Å². The molecule has 1 atom stereocenters. The fourth-order valence-corrected chi connectivity index (χ4v) is 2.50. The first-order valence-corrected chi connectivity index (χ1v) is 6.82. The molecular formula is C15H15F3N2O. The molecule has 0 radical (unpaired) electrons. The van der Waals surface area contributed by atoms with Crippen molar-refractivity contribution in [1.29, 1.82) is 5.26 Å². The van der Waals surface area contributed by atoms with Crippen molar-refractivity contribution in [3.63, 3.8) is 0 Å². The molecule has 1 aromatic rings. The lowest BCUT2D eigenvalue weighted by molar-refractivity contribution is -0.137. The summed E-state index contributed by atoms with van der Waals surface area (Å²) in [5, 5.41) is 9.23. The first-order valence-electron chi connectivity index (χ1n) is 6.82. The minimum Gasteiger partial charge on any atom is -0.318 e. The van der Waals surface area contributed by atoms with Crippen LogP contribution < -0.4 is 0 Å². The van der Waals surface area contributed by atoms with Crippen molar-refractivity contribution in [2.75, 3.05) is 6.54 Å². The predicted octanol–water partition coefficient (Wildman–Crippen LogP) is 3.92. The number of halogens is 3. The summed E-state index contributed by atoms with van der Waals surface area (Å²) in [7, 11) is 0. The second-order valence-corrected chi connectivity index (χ2v) is 5.04. The third-order valence-electron chi connectivity index (χ3n) is 3.60. The van der Waals surface area contributed by atoms with Crippen molar-refractivity contribution in [2.24, 2.45) is 0 Å². The van der Waals surface area contributed by atoms with Gasteiger partial charge in [0.1, 0.15) is 6.04 Å². The number of carbonyl (C=O) groups is 1. The Labute approximate surface area is 121 Å².